The van der Waals surface area contributed by atoms with Gasteiger partial charge < -0.3 is 12.4 Å². The fourth-order valence-corrected chi connectivity index (χ4v) is 1.56. The van der Waals surface area contributed by atoms with Crippen molar-refractivity contribution in [2.75, 3.05) is 5.43 Å². The number of nitrogens with zero attached hydrogens (tertiary/aromatic N) is 1. The molecule has 1 N–H and O–H groups in total. The minimum absolute atomic E-state index is 0. The molecular formula is C13H12Cl2N2O. The molecule has 2 aromatic rings. The van der Waals surface area contributed by atoms with Crippen LogP contribution in [0.15, 0.2) is 48.7 Å². The second kappa shape index (κ2) is 6.38. The van der Waals surface area contributed by atoms with Crippen molar-refractivity contribution in [3.8, 4) is 0 Å². The number of aromatic nitrogens is 1. The fraction of sp³-hybridized carbons (Fsp3) is 0.0769. The zero-order valence-electron chi connectivity index (χ0n) is 9.73. The van der Waals surface area contributed by atoms with Crippen molar-refractivity contribution < 1.29 is 21.9 Å². The quantitative estimate of drug-likeness (QED) is 0.728. The molecule has 0 fully saturated rings. The van der Waals surface area contributed by atoms with E-state index >= 15 is 0 Å². The first-order valence-electron chi connectivity index (χ1n) is 5.21. The molecule has 0 saturated heterocycles. The zero-order valence-corrected chi connectivity index (χ0v) is 11.2. The Morgan fingerprint density at radius 2 is 1.83 bits per heavy atom. The molecule has 0 aliphatic rings. The lowest BCUT2D eigenvalue weighted by atomic mass is 10.2. The van der Waals surface area contributed by atoms with E-state index in [4.69, 9.17) is 11.6 Å². The third-order valence-corrected chi connectivity index (χ3v) is 2.64. The van der Waals surface area contributed by atoms with Gasteiger partial charge in [0.1, 0.15) is 0 Å². The van der Waals surface area contributed by atoms with Crippen LogP contribution in [-0.4, -0.2) is 5.91 Å². The molecule has 2 rings (SSSR count). The van der Waals surface area contributed by atoms with Crippen molar-refractivity contribution >= 4 is 17.5 Å². The largest absolute Gasteiger partial charge is 1.00 e. The summed E-state index contributed by atoms with van der Waals surface area (Å²) in [6, 6.07) is 12.5. The summed E-state index contributed by atoms with van der Waals surface area (Å²) in [6.07, 6.45) is 1.79. The zero-order chi connectivity index (χ0) is 12.3. The molecule has 0 bridgehead atoms. The summed E-state index contributed by atoms with van der Waals surface area (Å²) < 4.78 is 1.68. The Morgan fingerprint density at radius 1 is 1.17 bits per heavy atom. The van der Waals surface area contributed by atoms with E-state index in [0.29, 0.717) is 10.6 Å². The molecule has 0 aliphatic heterocycles. The van der Waals surface area contributed by atoms with Crippen LogP contribution in [0.5, 0.6) is 0 Å². The van der Waals surface area contributed by atoms with Gasteiger partial charge in [-0.1, -0.05) is 16.3 Å². The Morgan fingerprint density at radius 3 is 2.44 bits per heavy atom. The van der Waals surface area contributed by atoms with Crippen LogP contribution >= 0.6 is 11.6 Å². The number of rotatable bonds is 2. The third kappa shape index (κ3) is 3.45. The van der Waals surface area contributed by atoms with E-state index in [1.165, 1.54) is 0 Å². The summed E-state index contributed by atoms with van der Waals surface area (Å²) in [4.78, 5) is 11.9. The van der Waals surface area contributed by atoms with Gasteiger partial charge in [-0.2, -0.15) is 0 Å². The van der Waals surface area contributed by atoms with E-state index in [2.05, 4.69) is 5.43 Å². The highest BCUT2D eigenvalue weighted by Crippen LogP contribution is 2.09. The van der Waals surface area contributed by atoms with Gasteiger partial charge in [-0.15, -0.1) is 5.43 Å². The van der Waals surface area contributed by atoms with Gasteiger partial charge in [0.05, 0.1) is 0 Å². The lowest BCUT2D eigenvalue weighted by Gasteiger charge is -2.01. The Hall–Kier alpha value is -1.58. The summed E-state index contributed by atoms with van der Waals surface area (Å²) in [5, 5.41) is 0.616. The van der Waals surface area contributed by atoms with E-state index in [-0.39, 0.29) is 18.3 Å². The second-order valence-corrected chi connectivity index (χ2v) is 4.10. The predicted molar refractivity (Wildman–Crippen MR) is 66.5 cm³/mol. The number of aryl methyl sites for hydroxylation is 1. The van der Waals surface area contributed by atoms with Crippen molar-refractivity contribution in [1.29, 1.82) is 0 Å². The first-order valence-corrected chi connectivity index (χ1v) is 5.59. The topological polar surface area (TPSA) is 33.0 Å². The summed E-state index contributed by atoms with van der Waals surface area (Å²) >= 11 is 5.76. The van der Waals surface area contributed by atoms with Gasteiger partial charge >= 0.3 is 5.91 Å². The maximum absolute atomic E-state index is 11.9. The molecule has 0 saturated carbocycles. The van der Waals surface area contributed by atoms with Gasteiger partial charge in [0, 0.05) is 29.6 Å². The van der Waals surface area contributed by atoms with Gasteiger partial charge in [-0.25, -0.2) is 0 Å². The third-order valence-electron chi connectivity index (χ3n) is 2.39. The van der Waals surface area contributed by atoms with Crippen LogP contribution in [0.4, 0.5) is 0 Å². The fourth-order valence-electron chi connectivity index (χ4n) is 1.43. The lowest BCUT2D eigenvalue weighted by molar-refractivity contribution is -0.647. The molecule has 1 amide bonds. The predicted octanol–water partition coefficient (Wildman–Crippen LogP) is -0.676. The Balaban J connectivity index is 0.00000162. The highest BCUT2D eigenvalue weighted by molar-refractivity contribution is 6.30. The molecule has 0 atom stereocenters. The SMILES string of the molecule is Cc1cccc[n+]1NC(=O)c1ccc(Cl)cc1.[Cl-]. The van der Waals surface area contributed by atoms with Crippen LogP contribution in [0.3, 0.4) is 0 Å². The highest BCUT2D eigenvalue weighted by atomic mass is 35.5. The highest BCUT2D eigenvalue weighted by Gasteiger charge is 2.12. The summed E-state index contributed by atoms with van der Waals surface area (Å²) in [5.41, 5.74) is 4.31. The van der Waals surface area contributed by atoms with Crippen LogP contribution in [0.1, 0.15) is 16.1 Å². The van der Waals surface area contributed by atoms with Gasteiger partial charge in [-0.3, -0.25) is 4.79 Å². The van der Waals surface area contributed by atoms with Crippen molar-refractivity contribution in [3.05, 3.63) is 64.9 Å². The number of carbonyl (C=O) groups is 1. The van der Waals surface area contributed by atoms with E-state index < -0.39 is 0 Å². The molecule has 0 radical (unpaired) electrons. The summed E-state index contributed by atoms with van der Waals surface area (Å²) in [6.45, 7) is 1.92. The minimum atomic E-state index is -0.166. The number of pyridine rings is 1. The maximum atomic E-state index is 11.9. The molecular weight excluding hydrogens is 271 g/mol. The van der Waals surface area contributed by atoms with Crippen molar-refractivity contribution in [2.45, 2.75) is 6.92 Å². The molecule has 94 valence electrons. The number of nitrogens with one attached hydrogen (secondary N) is 1. The Kier molecular flexibility index (Phi) is 5.13. The maximum Gasteiger partial charge on any atom is 0.305 e. The van der Waals surface area contributed by atoms with Gasteiger partial charge in [0.15, 0.2) is 6.20 Å². The van der Waals surface area contributed by atoms with Crippen molar-refractivity contribution in [1.82, 2.24) is 0 Å². The molecule has 1 aromatic heterocycles. The normalized spacial score (nSPS) is 9.44. The van der Waals surface area contributed by atoms with E-state index in [1.807, 2.05) is 25.1 Å². The average molecular weight is 283 g/mol. The van der Waals surface area contributed by atoms with Gasteiger partial charge in [-0.05, 0) is 30.3 Å². The molecule has 0 unspecified atom stereocenters. The van der Waals surface area contributed by atoms with E-state index in [1.54, 1.807) is 35.1 Å². The standard InChI is InChI=1S/C13H11ClN2O.ClH/c1-10-4-2-3-9-16(10)15-13(17)11-5-7-12(14)8-6-11;/h2-9H,1H3;1H. The first-order chi connectivity index (χ1) is 8.16. The molecule has 0 aliphatic carbocycles. The number of amides is 1. The molecule has 0 spiro atoms. The van der Waals surface area contributed by atoms with Crippen LogP contribution < -0.4 is 22.5 Å². The first kappa shape index (κ1) is 14.5. The number of halogens is 2. The molecule has 1 aromatic carbocycles. The van der Waals surface area contributed by atoms with Crippen LogP contribution in [0, 0.1) is 6.92 Å². The Bertz CT molecular complexity index is 541. The van der Waals surface area contributed by atoms with Crippen LogP contribution in [-0.2, 0) is 0 Å². The van der Waals surface area contributed by atoms with Crippen molar-refractivity contribution in [3.63, 3.8) is 0 Å². The molecule has 18 heavy (non-hydrogen) atoms. The summed E-state index contributed by atoms with van der Waals surface area (Å²) in [7, 11) is 0. The average Bonchev–Trinajstić information content (AvgIpc) is 2.33. The number of benzene rings is 1. The van der Waals surface area contributed by atoms with E-state index in [9.17, 15) is 4.79 Å². The van der Waals surface area contributed by atoms with E-state index in [0.717, 1.165) is 5.69 Å². The Labute approximate surface area is 117 Å². The van der Waals surface area contributed by atoms with Gasteiger partial charge in [0.25, 0.3) is 0 Å². The van der Waals surface area contributed by atoms with Crippen molar-refractivity contribution in [2.24, 2.45) is 0 Å². The summed E-state index contributed by atoms with van der Waals surface area (Å²) in [5.74, 6) is -0.166. The smallest absolute Gasteiger partial charge is 0.305 e. The monoisotopic (exact) mass is 282 g/mol. The van der Waals surface area contributed by atoms with Gasteiger partial charge in [0.2, 0.25) is 5.69 Å². The van der Waals surface area contributed by atoms with Crippen LogP contribution in [0.25, 0.3) is 0 Å². The molecule has 5 heteroatoms. The number of carbonyl (C=O) groups excluding carboxylic acids is 1. The number of hydrogen-bond acceptors (Lipinski definition) is 1. The minimum Gasteiger partial charge on any atom is -1.00 e. The lowest BCUT2D eigenvalue weighted by Crippen LogP contribution is -3.00. The second-order valence-electron chi connectivity index (χ2n) is 3.66. The van der Waals surface area contributed by atoms with Crippen LogP contribution in [0.2, 0.25) is 5.02 Å². The molecule has 1 heterocycles. The number of hydrogen-bond donors (Lipinski definition) is 1. The molecule has 3 nitrogen and oxygen atoms in total.